The van der Waals surface area contributed by atoms with Crippen molar-refractivity contribution in [1.82, 2.24) is 14.7 Å². The molecule has 1 atom stereocenters. The first kappa shape index (κ1) is 20.8. The SMILES string of the molecule is CN(C(=O)OC(C)(C)C)C1CCN(c2c([N+](=O)[O-])cnn2C)CC(F)(F)C1. The fraction of sp³-hybridized carbons (Fsp3) is 0.750. The lowest BCUT2D eigenvalue weighted by atomic mass is 10.1. The van der Waals surface area contributed by atoms with E-state index in [0.717, 1.165) is 6.20 Å². The average Bonchev–Trinajstić information content (AvgIpc) is 2.81. The van der Waals surface area contributed by atoms with Crippen LogP contribution >= 0.6 is 0 Å². The molecule has 1 unspecified atom stereocenters. The molecule has 0 radical (unpaired) electrons. The summed E-state index contributed by atoms with van der Waals surface area (Å²) in [5.41, 5.74) is -1.06. The van der Waals surface area contributed by atoms with Crippen molar-refractivity contribution in [3.63, 3.8) is 0 Å². The molecule has 1 aliphatic rings. The number of nitro groups is 1. The third-order valence-electron chi connectivity index (χ3n) is 4.30. The van der Waals surface area contributed by atoms with Crippen LogP contribution in [0.5, 0.6) is 0 Å². The van der Waals surface area contributed by atoms with Crippen LogP contribution in [0.15, 0.2) is 6.20 Å². The molecule has 1 aromatic heterocycles. The second-order valence-electron chi connectivity index (χ2n) is 7.75. The van der Waals surface area contributed by atoms with Gasteiger partial charge in [0.15, 0.2) is 0 Å². The highest BCUT2D eigenvalue weighted by molar-refractivity contribution is 5.68. The molecular formula is C16H25F2N5O4. The number of amides is 1. The molecule has 1 amide bonds. The summed E-state index contributed by atoms with van der Waals surface area (Å²) in [6, 6.07) is -0.757. The highest BCUT2D eigenvalue weighted by Crippen LogP contribution is 2.35. The van der Waals surface area contributed by atoms with E-state index in [-0.39, 0.29) is 24.5 Å². The summed E-state index contributed by atoms with van der Waals surface area (Å²) < 4.78 is 35.6. The number of hydrogen-bond acceptors (Lipinski definition) is 6. The summed E-state index contributed by atoms with van der Waals surface area (Å²) in [5, 5.41) is 15.0. The Morgan fingerprint density at radius 3 is 2.67 bits per heavy atom. The third kappa shape index (κ3) is 5.04. The zero-order chi connectivity index (χ0) is 20.6. The van der Waals surface area contributed by atoms with Crippen molar-refractivity contribution < 1.29 is 23.2 Å². The van der Waals surface area contributed by atoms with E-state index in [1.807, 2.05) is 0 Å². The first-order chi connectivity index (χ1) is 12.3. The van der Waals surface area contributed by atoms with Gasteiger partial charge in [-0.25, -0.2) is 18.3 Å². The van der Waals surface area contributed by atoms with E-state index in [1.54, 1.807) is 20.8 Å². The average molecular weight is 389 g/mol. The van der Waals surface area contributed by atoms with E-state index < -0.39 is 41.5 Å². The number of carbonyl (C=O) groups excluding carboxylic acids is 1. The Morgan fingerprint density at radius 2 is 2.11 bits per heavy atom. The molecule has 11 heteroatoms. The van der Waals surface area contributed by atoms with Crippen LogP contribution in [-0.2, 0) is 11.8 Å². The quantitative estimate of drug-likeness (QED) is 0.583. The van der Waals surface area contributed by atoms with Gasteiger partial charge >= 0.3 is 11.8 Å². The lowest BCUT2D eigenvalue weighted by molar-refractivity contribution is -0.384. The van der Waals surface area contributed by atoms with E-state index >= 15 is 0 Å². The highest BCUT2D eigenvalue weighted by atomic mass is 19.3. The van der Waals surface area contributed by atoms with Crippen molar-refractivity contribution in [3.05, 3.63) is 16.3 Å². The first-order valence-electron chi connectivity index (χ1n) is 8.56. The summed E-state index contributed by atoms with van der Waals surface area (Å²) in [5.74, 6) is -3.12. The van der Waals surface area contributed by atoms with Gasteiger partial charge < -0.3 is 14.5 Å². The zero-order valence-electron chi connectivity index (χ0n) is 16.1. The van der Waals surface area contributed by atoms with Gasteiger partial charge in [0.05, 0.1) is 11.5 Å². The number of carbonyl (C=O) groups is 1. The minimum Gasteiger partial charge on any atom is -0.444 e. The first-order valence-corrected chi connectivity index (χ1v) is 8.56. The molecule has 27 heavy (non-hydrogen) atoms. The van der Waals surface area contributed by atoms with Gasteiger partial charge in [-0.05, 0) is 27.2 Å². The number of nitrogens with zero attached hydrogens (tertiary/aromatic N) is 5. The normalized spacial score (nSPS) is 20.1. The summed E-state index contributed by atoms with van der Waals surface area (Å²) in [7, 11) is 2.90. The van der Waals surface area contributed by atoms with Gasteiger partial charge in [0.2, 0.25) is 5.82 Å². The Balaban J connectivity index is 2.23. The molecule has 0 aliphatic carbocycles. The molecule has 1 aliphatic heterocycles. The topological polar surface area (TPSA) is 93.7 Å². The Morgan fingerprint density at radius 1 is 1.48 bits per heavy atom. The van der Waals surface area contributed by atoms with Crippen molar-refractivity contribution >= 4 is 17.6 Å². The maximum absolute atomic E-state index is 14.6. The van der Waals surface area contributed by atoms with Crippen molar-refractivity contribution in [3.8, 4) is 0 Å². The molecule has 9 nitrogen and oxygen atoms in total. The maximum Gasteiger partial charge on any atom is 0.410 e. The van der Waals surface area contributed by atoms with Gasteiger partial charge in [0.25, 0.3) is 5.92 Å². The van der Waals surface area contributed by atoms with Crippen LogP contribution < -0.4 is 4.90 Å². The Labute approximate surface area is 156 Å². The molecule has 2 heterocycles. The number of halogens is 2. The number of hydrogen-bond donors (Lipinski definition) is 0. The number of aromatic nitrogens is 2. The third-order valence-corrected chi connectivity index (χ3v) is 4.30. The van der Waals surface area contributed by atoms with Crippen LogP contribution in [0.4, 0.5) is 25.1 Å². The van der Waals surface area contributed by atoms with Gasteiger partial charge in [0.1, 0.15) is 11.8 Å². The van der Waals surface area contributed by atoms with E-state index in [2.05, 4.69) is 5.10 Å². The summed E-state index contributed by atoms with van der Waals surface area (Å²) >= 11 is 0. The Kier molecular flexibility index (Phi) is 5.62. The van der Waals surface area contributed by atoms with E-state index in [9.17, 15) is 23.7 Å². The van der Waals surface area contributed by atoms with Crippen LogP contribution in [0.3, 0.4) is 0 Å². The molecule has 152 valence electrons. The summed E-state index contributed by atoms with van der Waals surface area (Å²) in [4.78, 5) is 25.2. The predicted molar refractivity (Wildman–Crippen MR) is 94.0 cm³/mol. The van der Waals surface area contributed by atoms with Crippen molar-refractivity contribution in [1.29, 1.82) is 0 Å². The molecule has 0 bridgehead atoms. The fourth-order valence-electron chi connectivity index (χ4n) is 3.08. The predicted octanol–water partition coefficient (Wildman–Crippen LogP) is 2.80. The van der Waals surface area contributed by atoms with Gasteiger partial charge in [0, 0.05) is 33.1 Å². The Bertz CT molecular complexity index is 716. The minimum absolute atomic E-state index is 0.0280. The van der Waals surface area contributed by atoms with Gasteiger partial charge in [-0.15, -0.1) is 0 Å². The van der Waals surface area contributed by atoms with E-state index in [0.29, 0.717) is 0 Å². The molecular weight excluding hydrogens is 364 g/mol. The maximum atomic E-state index is 14.6. The zero-order valence-corrected chi connectivity index (χ0v) is 16.1. The van der Waals surface area contributed by atoms with Crippen LogP contribution in [0, 0.1) is 10.1 Å². The van der Waals surface area contributed by atoms with Crippen molar-refractivity contribution in [2.45, 2.75) is 51.2 Å². The van der Waals surface area contributed by atoms with E-state index in [4.69, 9.17) is 4.74 Å². The molecule has 2 rings (SSSR count). The van der Waals surface area contributed by atoms with E-state index in [1.165, 1.54) is 28.6 Å². The van der Waals surface area contributed by atoms with Gasteiger partial charge in [-0.1, -0.05) is 0 Å². The molecule has 0 saturated carbocycles. The molecule has 1 saturated heterocycles. The molecule has 0 aromatic carbocycles. The number of ether oxygens (including phenoxy) is 1. The highest BCUT2D eigenvalue weighted by Gasteiger charge is 2.42. The number of anilines is 1. The standard InChI is InChI=1S/C16H25F2N5O4/c1-15(2,3)27-14(24)20(4)11-6-7-22(10-16(17,18)8-11)13-12(23(25)26)9-19-21(13)5/h9,11H,6-8,10H2,1-5H3. The molecule has 1 aromatic rings. The Hall–Kier alpha value is -2.46. The lowest BCUT2D eigenvalue weighted by Crippen LogP contribution is -2.43. The molecule has 1 fully saturated rings. The van der Waals surface area contributed by atoms with Crippen LogP contribution in [-0.4, -0.2) is 63.4 Å². The summed E-state index contributed by atoms with van der Waals surface area (Å²) in [6.07, 6.45) is 0.0320. The van der Waals surface area contributed by atoms with Crippen molar-refractivity contribution in [2.24, 2.45) is 7.05 Å². The number of rotatable bonds is 3. The number of alkyl halides is 2. The molecule has 0 N–H and O–H groups in total. The van der Waals surface area contributed by atoms with Crippen LogP contribution in [0.2, 0.25) is 0 Å². The van der Waals surface area contributed by atoms with Gasteiger partial charge in [-0.3, -0.25) is 10.1 Å². The lowest BCUT2D eigenvalue weighted by Gasteiger charge is -2.31. The second-order valence-corrected chi connectivity index (χ2v) is 7.75. The smallest absolute Gasteiger partial charge is 0.410 e. The molecule has 0 spiro atoms. The number of aryl methyl sites for hydroxylation is 1. The van der Waals surface area contributed by atoms with Gasteiger partial charge in [-0.2, -0.15) is 5.10 Å². The largest absolute Gasteiger partial charge is 0.444 e. The fourth-order valence-corrected chi connectivity index (χ4v) is 3.08. The van der Waals surface area contributed by atoms with Crippen LogP contribution in [0.1, 0.15) is 33.6 Å². The minimum atomic E-state index is -3.14. The monoisotopic (exact) mass is 389 g/mol. The second kappa shape index (κ2) is 7.28. The summed E-state index contributed by atoms with van der Waals surface area (Å²) in [6.45, 7) is 4.52. The van der Waals surface area contributed by atoms with Crippen molar-refractivity contribution in [2.75, 3.05) is 25.0 Å². The van der Waals surface area contributed by atoms with Crippen LogP contribution in [0.25, 0.3) is 0 Å².